The average molecular weight is 378 g/mol. The molecule has 2 aromatic heterocycles. The highest BCUT2D eigenvalue weighted by molar-refractivity contribution is 5.94. The summed E-state index contributed by atoms with van der Waals surface area (Å²) in [5, 5.41) is 1.78. The number of aryl methyl sites for hydroxylation is 2. The molecular formula is C22H18O6. The van der Waals surface area contributed by atoms with Crippen LogP contribution >= 0.6 is 0 Å². The molecule has 0 radical (unpaired) electrons. The molecule has 6 heteroatoms. The van der Waals surface area contributed by atoms with E-state index in [0.717, 1.165) is 27.9 Å². The van der Waals surface area contributed by atoms with Crippen molar-refractivity contribution in [2.45, 2.75) is 12.8 Å². The lowest BCUT2D eigenvalue weighted by molar-refractivity contribution is 0.0592. The summed E-state index contributed by atoms with van der Waals surface area (Å²) < 4.78 is 21.2. The van der Waals surface area contributed by atoms with E-state index in [1.807, 2.05) is 18.2 Å². The molecule has 0 N–H and O–H groups in total. The number of esters is 2. The van der Waals surface area contributed by atoms with Gasteiger partial charge < -0.3 is 18.3 Å². The van der Waals surface area contributed by atoms with Gasteiger partial charge in [0.2, 0.25) is 0 Å². The molecule has 0 spiro atoms. The van der Waals surface area contributed by atoms with Crippen molar-refractivity contribution in [3.8, 4) is 0 Å². The third kappa shape index (κ3) is 3.36. The zero-order chi connectivity index (χ0) is 19.7. The molecule has 28 heavy (non-hydrogen) atoms. The van der Waals surface area contributed by atoms with Gasteiger partial charge in [-0.3, -0.25) is 0 Å². The van der Waals surface area contributed by atoms with Crippen LogP contribution in [0.4, 0.5) is 0 Å². The zero-order valence-corrected chi connectivity index (χ0v) is 15.5. The van der Waals surface area contributed by atoms with E-state index in [1.54, 1.807) is 30.3 Å². The van der Waals surface area contributed by atoms with Gasteiger partial charge in [-0.05, 0) is 42.5 Å². The number of fused-ring (bicyclic) bond motifs is 2. The van der Waals surface area contributed by atoms with Crippen LogP contribution in [0.5, 0.6) is 0 Å². The minimum absolute atomic E-state index is 0.377. The maximum absolute atomic E-state index is 11.7. The molecule has 0 atom stereocenters. The molecule has 2 aromatic carbocycles. The van der Waals surface area contributed by atoms with Crippen LogP contribution in [0.2, 0.25) is 0 Å². The second-order valence-electron chi connectivity index (χ2n) is 6.41. The van der Waals surface area contributed by atoms with Gasteiger partial charge in [-0.15, -0.1) is 0 Å². The first-order valence-corrected chi connectivity index (χ1v) is 8.79. The third-order valence-corrected chi connectivity index (χ3v) is 4.60. The molecule has 0 saturated carbocycles. The molecule has 0 bridgehead atoms. The Morgan fingerprint density at radius 3 is 1.96 bits per heavy atom. The van der Waals surface area contributed by atoms with Crippen molar-refractivity contribution in [1.82, 2.24) is 0 Å². The van der Waals surface area contributed by atoms with Gasteiger partial charge in [0, 0.05) is 23.6 Å². The third-order valence-electron chi connectivity index (χ3n) is 4.60. The van der Waals surface area contributed by atoms with Crippen molar-refractivity contribution in [1.29, 1.82) is 0 Å². The SMILES string of the molecule is COC(=O)c1ccc2oc(CCc3cc4ccc(C(=O)OC)cc4o3)cc2c1. The van der Waals surface area contributed by atoms with E-state index in [1.165, 1.54) is 14.2 Å². The first kappa shape index (κ1) is 17.9. The Hall–Kier alpha value is -3.54. The monoisotopic (exact) mass is 378 g/mol. The molecule has 0 fully saturated rings. The van der Waals surface area contributed by atoms with Crippen molar-refractivity contribution in [2.75, 3.05) is 14.2 Å². The van der Waals surface area contributed by atoms with E-state index in [0.29, 0.717) is 29.6 Å². The quantitative estimate of drug-likeness (QED) is 0.475. The molecule has 0 saturated heterocycles. The summed E-state index contributed by atoms with van der Waals surface area (Å²) >= 11 is 0. The molecule has 0 amide bonds. The Morgan fingerprint density at radius 2 is 1.29 bits per heavy atom. The van der Waals surface area contributed by atoms with E-state index >= 15 is 0 Å². The molecular weight excluding hydrogens is 360 g/mol. The number of methoxy groups -OCH3 is 2. The predicted octanol–water partition coefficient (Wildman–Crippen LogP) is 4.54. The van der Waals surface area contributed by atoms with Crippen molar-refractivity contribution in [3.05, 3.63) is 71.2 Å². The summed E-state index contributed by atoms with van der Waals surface area (Å²) in [5.74, 6) is 0.826. The van der Waals surface area contributed by atoms with Gasteiger partial charge in [-0.1, -0.05) is 6.07 Å². The van der Waals surface area contributed by atoms with E-state index < -0.39 is 5.97 Å². The Morgan fingerprint density at radius 1 is 0.714 bits per heavy atom. The van der Waals surface area contributed by atoms with Crippen LogP contribution in [0.3, 0.4) is 0 Å². The minimum atomic E-state index is -0.395. The highest BCUT2D eigenvalue weighted by atomic mass is 16.5. The molecule has 4 aromatic rings. The molecule has 142 valence electrons. The lowest BCUT2D eigenvalue weighted by Crippen LogP contribution is -1.99. The fourth-order valence-electron chi connectivity index (χ4n) is 3.17. The average Bonchev–Trinajstić information content (AvgIpc) is 3.32. The van der Waals surface area contributed by atoms with Crippen molar-refractivity contribution >= 4 is 33.9 Å². The number of ether oxygens (including phenoxy) is 2. The molecule has 0 aliphatic carbocycles. The smallest absolute Gasteiger partial charge is 0.337 e. The van der Waals surface area contributed by atoms with Gasteiger partial charge in [0.1, 0.15) is 22.7 Å². The van der Waals surface area contributed by atoms with Gasteiger partial charge in [0.05, 0.1) is 25.3 Å². The highest BCUT2D eigenvalue weighted by Gasteiger charge is 2.12. The van der Waals surface area contributed by atoms with Crippen molar-refractivity contribution < 1.29 is 27.9 Å². The highest BCUT2D eigenvalue weighted by Crippen LogP contribution is 2.25. The number of carbonyl (C=O) groups is 2. The van der Waals surface area contributed by atoms with Gasteiger partial charge >= 0.3 is 11.9 Å². The normalized spacial score (nSPS) is 11.1. The van der Waals surface area contributed by atoms with Crippen LogP contribution in [0, 0.1) is 0 Å². The number of furan rings is 2. The van der Waals surface area contributed by atoms with Gasteiger partial charge in [0.15, 0.2) is 0 Å². The predicted molar refractivity (Wildman–Crippen MR) is 103 cm³/mol. The van der Waals surface area contributed by atoms with Crippen LogP contribution in [0.1, 0.15) is 32.2 Å². The second kappa shape index (κ2) is 7.23. The second-order valence-corrected chi connectivity index (χ2v) is 6.41. The lowest BCUT2D eigenvalue weighted by Gasteiger charge is -1.97. The fourth-order valence-corrected chi connectivity index (χ4v) is 3.17. The van der Waals surface area contributed by atoms with E-state index in [4.69, 9.17) is 18.3 Å². The largest absolute Gasteiger partial charge is 0.465 e. The number of carbonyl (C=O) groups excluding carboxylic acids is 2. The maximum atomic E-state index is 11.7. The molecule has 0 aliphatic rings. The summed E-state index contributed by atoms with van der Waals surface area (Å²) in [4.78, 5) is 23.3. The zero-order valence-electron chi connectivity index (χ0n) is 15.5. The molecule has 2 heterocycles. The lowest BCUT2D eigenvalue weighted by atomic mass is 10.1. The topological polar surface area (TPSA) is 78.9 Å². The molecule has 6 nitrogen and oxygen atoms in total. The van der Waals surface area contributed by atoms with E-state index in [2.05, 4.69) is 0 Å². The molecule has 0 aliphatic heterocycles. The summed E-state index contributed by atoms with van der Waals surface area (Å²) in [6.45, 7) is 0. The van der Waals surface area contributed by atoms with Crippen LogP contribution < -0.4 is 0 Å². The first-order chi connectivity index (χ1) is 13.6. The maximum Gasteiger partial charge on any atom is 0.337 e. The summed E-state index contributed by atoms with van der Waals surface area (Å²) in [6.07, 6.45) is 1.29. The first-order valence-electron chi connectivity index (χ1n) is 8.79. The van der Waals surface area contributed by atoms with Crippen LogP contribution in [0.25, 0.3) is 21.9 Å². The number of hydrogen-bond donors (Lipinski definition) is 0. The van der Waals surface area contributed by atoms with Gasteiger partial charge in [-0.2, -0.15) is 0 Å². The fraction of sp³-hybridized carbons (Fsp3) is 0.182. The van der Waals surface area contributed by atoms with Gasteiger partial charge in [0.25, 0.3) is 0 Å². The summed E-state index contributed by atoms with van der Waals surface area (Å²) in [6, 6.07) is 14.3. The molecule has 0 unspecified atom stereocenters. The Bertz CT molecular complexity index is 1090. The summed E-state index contributed by atoms with van der Waals surface area (Å²) in [7, 11) is 2.70. The minimum Gasteiger partial charge on any atom is -0.465 e. The summed E-state index contributed by atoms with van der Waals surface area (Å²) in [5.41, 5.74) is 2.30. The number of hydrogen-bond acceptors (Lipinski definition) is 6. The Balaban J connectivity index is 1.52. The van der Waals surface area contributed by atoms with Crippen LogP contribution in [-0.2, 0) is 22.3 Å². The van der Waals surface area contributed by atoms with E-state index in [-0.39, 0.29) is 5.97 Å². The molecule has 4 rings (SSSR count). The van der Waals surface area contributed by atoms with E-state index in [9.17, 15) is 9.59 Å². The van der Waals surface area contributed by atoms with Crippen LogP contribution in [-0.4, -0.2) is 26.2 Å². The number of rotatable bonds is 5. The van der Waals surface area contributed by atoms with Crippen molar-refractivity contribution in [3.63, 3.8) is 0 Å². The van der Waals surface area contributed by atoms with Crippen molar-refractivity contribution in [2.24, 2.45) is 0 Å². The number of benzene rings is 2. The van der Waals surface area contributed by atoms with Gasteiger partial charge in [-0.25, -0.2) is 9.59 Å². The Labute approximate surface area is 160 Å². The standard InChI is InChI=1S/C22H18O6/c1-25-21(23)14-5-8-19-16(9-14)11-18(27-19)7-6-17-10-13-3-4-15(22(24)26-2)12-20(13)28-17/h3-5,8-12H,6-7H2,1-2H3. The van der Waals surface area contributed by atoms with Crippen LogP contribution in [0.15, 0.2) is 57.4 Å². The Kier molecular flexibility index (Phi) is 4.61.